The van der Waals surface area contributed by atoms with Gasteiger partial charge in [0, 0.05) is 0 Å². The van der Waals surface area contributed by atoms with E-state index in [4.69, 9.17) is 4.98 Å². The van der Waals surface area contributed by atoms with Crippen LogP contribution in [0.2, 0.25) is 44.2 Å². The number of rotatable bonds is 6. The molecule has 0 bridgehead atoms. The SMILES string of the molecule is C[Si](C)([CH2][Sn]([CH3])([CH3])[CH2][Si](C)(C)c1ccccn1)c1ccccc1. The van der Waals surface area contributed by atoms with Crippen LogP contribution in [0.5, 0.6) is 0 Å². The van der Waals surface area contributed by atoms with Crippen LogP contribution in [0.25, 0.3) is 0 Å². The summed E-state index contributed by atoms with van der Waals surface area (Å²) in [6, 6.07) is 17.7. The van der Waals surface area contributed by atoms with Crippen molar-refractivity contribution in [2.24, 2.45) is 0 Å². The monoisotopic (exact) mass is 449 g/mol. The summed E-state index contributed by atoms with van der Waals surface area (Å²) in [5.74, 6) is 0. The average Bonchev–Trinajstić information content (AvgIpc) is 2.47. The standard InChI is InChI=1S/C9H13Si.C8H12NSi.2CH3.Sn/c1-10(2,3)9-7-5-4-6-8-9;1-10(2,3)8-6-4-5-7-9-8;;;/h4-8H,1H2,2-3H3;4-7H,1H2,2-3H3;2*1H3;. The van der Waals surface area contributed by atoms with Gasteiger partial charge < -0.3 is 0 Å². The molecule has 0 radical (unpaired) electrons. The first-order valence-electron chi connectivity index (χ1n) is 8.60. The van der Waals surface area contributed by atoms with Gasteiger partial charge in [-0.25, -0.2) is 0 Å². The molecule has 1 aromatic heterocycles. The molecule has 0 N–H and O–H groups in total. The van der Waals surface area contributed by atoms with Crippen LogP contribution in [-0.2, 0) is 0 Å². The van der Waals surface area contributed by atoms with E-state index in [1.807, 2.05) is 12.3 Å². The van der Waals surface area contributed by atoms with E-state index in [1.54, 1.807) is 5.19 Å². The van der Waals surface area contributed by atoms with Crippen LogP contribution in [0.1, 0.15) is 0 Å². The molecule has 0 aliphatic carbocycles. The minimum absolute atomic E-state index is 1.32. The van der Waals surface area contributed by atoms with Crippen LogP contribution in [0.15, 0.2) is 54.7 Å². The van der Waals surface area contributed by atoms with Gasteiger partial charge in [-0.05, 0) is 0 Å². The first-order chi connectivity index (χ1) is 10.6. The maximum atomic E-state index is 4.70. The first kappa shape index (κ1) is 18.9. The molecule has 0 amide bonds. The molecule has 0 saturated carbocycles. The van der Waals surface area contributed by atoms with Crippen molar-refractivity contribution in [3.05, 3.63) is 54.7 Å². The van der Waals surface area contributed by atoms with E-state index in [0.717, 1.165) is 0 Å². The van der Waals surface area contributed by atoms with Crippen molar-refractivity contribution in [2.45, 2.75) is 44.2 Å². The van der Waals surface area contributed by atoms with E-state index in [9.17, 15) is 0 Å². The van der Waals surface area contributed by atoms with E-state index < -0.39 is 34.5 Å². The van der Waals surface area contributed by atoms with Gasteiger partial charge >= 0.3 is 149 Å². The molecule has 4 heteroatoms. The maximum absolute atomic E-state index is 4.70. The van der Waals surface area contributed by atoms with E-state index >= 15 is 0 Å². The predicted octanol–water partition coefficient (Wildman–Crippen LogP) is 4.40. The Morgan fingerprint density at radius 2 is 1.35 bits per heavy atom. The van der Waals surface area contributed by atoms with E-state index in [-0.39, 0.29) is 0 Å². The third-order valence-electron chi connectivity index (χ3n) is 4.75. The van der Waals surface area contributed by atoms with Gasteiger partial charge in [0.25, 0.3) is 0 Å². The zero-order chi connectivity index (χ0) is 17.1. The summed E-state index contributed by atoms with van der Waals surface area (Å²) in [5.41, 5.74) is 0. The first-order valence-corrected chi connectivity index (χ1v) is 24.8. The van der Waals surface area contributed by atoms with E-state index in [2.05, 4.69) is 78.5 Å². The molecule has 0 aliphatic heterocycles. The van der Waals surface area contributed by atoms with Crippen molar-refractivity contribution < 1.29 is 0 Å². The van der Waals surface area contributed by atoms with Crippen LogP contribution in [0.4, 0.5) is 0 Å². The van der Waals surface area contributed by atoms with Gasteiger partial charge in [-0.2, -0.15) is 0 Å². The van der Waals surface area contributed by atoms with Crippen LogP contribution < -0.4 is 10.5 Å². The van der Waals surface area contributed by atoms with Gasteiger partial charge in [-0.3, -0.25) is 0 Å². The van der Waals surface area contributed by atoms with Gasteiger partial charge in [0.1, 0.15) is 0 Å². The molecule has 23 heavy (non-hydrogen) atoms. The van der Waals surface area contributed by atoms with Crippen molar-refractivity contribution in [3.63, 3.8) is 0 Å². The molecule has 2 aromatic rings. The Kier molecular flexibility index (Phi) is 5.96. The summed E-state index contributed by atoms with van der Waals surface area (Å²) >= 11 is -2.08. The molecule has 0 fully saturated rings. The van der Waals surface area contributed by atoms with Crippen LogP contribution in [0.3, 0.4) is 0 Å². The number of aromatic nitrogens is 1. The Hall–Kier alpha value is -0.398. The summed E-state index contributed by atoms with van der Waals surface area (Å²) < 4.78 is 3.04. The fourth-order valence-corrected chi connectivity index (χ4v) is 59.5. The second kappa shape index (κ2) is 7.23. The Bertz CT molecular complexity index is 569. The molecule has 1 aromatic carbocycles. The quantitative estimate of drug-likeness (QED) is 0.598. The number of nitrogens with zero attached hydrogens (tertiary/aromatic N) is 1. The molecule has 1 nitrogen and oxygen atoms in total. The molecule has 124 valence electrons. The predicted molar refractivity (Wildman–Crippen MR) is 112 cm³/mol. The second-order valence-electron chi connectivity index (χ2n) is 8.87. The van der Waals surface area contributed by atoms with Crippen molar-refractivity contribution in [2.75, 3.05) is 0 Å². The average molecular weight is 448 g/mol. The third-order valence-corrected chi connectivity index (χ3v) is 43.5. The van der Waals surface area contributed by atoms with Gasteiger partial charge in [-0.15, -0.1) is 0 Å². The van der Waals surface area contributed by atoms with Gasteiger partial charge in [-0.1, -0.05) is 0 Å². The van der Waals surface area contributed by atoms with Crippen molar-refractivity contribution in [1.29, 1.82) is 0 Å². The summed E-state index contributed by atoms with van der Waals surface area (Å²) in [7, 11) is -2.73. The number of benzene rings is 1. The van der Waals surface area contributed by atoms with Crippen molar-refractivity contribution in [3.8, 4) is 0 Å². The minimum atomic E-state index is -2.08. The Labute approximate surface area is 148 Å². The second-order valence-corrected chi connectivity index (χ2v) is 36.6. The number of hydrogen-bond donors (Lipinski definition) is 0. The van der Waals surface area contributed by atoms with Gasteiger partial charge in [0.2, 0.25) is 0 Å². The molecule has 1 heterocycles. The number of hydrogen-bond acceptors (Lipinski definition) is 1. The normalized spacial score (nSPS) is 13.1. The van der Waals surface area contributed by atoms with Crippen LogP contribution in [-0.4, -0.2) is 39.5 Å². The molecular formula is C19H31NSi2Sn. The Morgan fingerprint density at radius 3 is 1.91 bits per heavy atom. The summed E-state index contributed by atoms with van der Waals surface area (Å²) in [6.45, 7) is 10.2. The summed E-state index contributed by atoms with van der Waals surface area (Å²) in [5, 5.41) is 3.02. The molecule has 0 aliphatic rings. The zero-order valence-electron chi connectivity index (χ0n) is 15.6. The Morgan fingerprint density at radius 1 is 0.783 bits per heavy atom. The van der Waals surface area contributed by atoms with E-state index in [1.165, 1.54) is 13.4 Å². The number of pyridine rings is 1. The van der Waals surface area contributed by atoms with Crippen molar-refractivity contribution >= 4 is 45.0 Å². The topological polar surface area (TPSA) is 12.9 Å². The summed E-state index contributed by atoms with van der Waals surface area (Å²) in [6.07, 6.45) is 1.97. The van der Waals surface area contributed by atoms with Crippen LogP contribution in [0, 0.1) is 0 Å². The van der Waals surface area contributed by atoms with Gasteiger partial charge in [0.05, 0.1) is 0 Å². The molecule has 0 unspecified atom stereocenters. The zero-order valence-corrected chi connectivity index (χ0v) is 20.4. The van der Waals surface area contributed by atoms with Crippen LogP contribution >= 0.6 is 0 Å². The molecule has 0 saturated heterocycles. The third kappa shape index (κ3) is 5.29. The molecule has 0 spiro atoms. The molecule has 0 atom stereocenters. The fraction of sp³-hybridized carbons (Fsp3) is 0.421. The molecule has 2 rings (SSSR count). The fourth-order valence-electron chi connectivity index (χ4n) is 4.30. The van der Waals surface area contributed by atoms with E-state index in [0.29, 0.717) is 0 Å². The summed E-state index contributed by atoms with van der Waals surface area (Å²) in [4.78, 5) is 10.0. The Balaban J connectivity index is 2.16. The van der Waals surface area contributed by atoms with Crippen molar-refractivity contribution in [1.82, 2.24) is 4.98 Å². The molecular weight excluding hydrogens is 417 g/mol. The van der Waals surface area contributed by atoms with Gasteiger partial charge in [0.15, 0.2) is 0 Å².